The average molecular weight is 299 g/mol. The quantitative estimate of drug-likeness (QED) is 0.773. The van der Waals surface area contributed by atoms with Crippen LogP contribution in [0.5, 0.6) is 0 Å². The van der Waals surface area contributed by atoms with E-state index in [1.165, 1.54) is 21.6 Å². The standard InChI is InChI=1S/C17H21N3S/c1-12(2)18-9-15-8-14-6-4-5-7-16(14)20(15)10-17-19-13(3)11-21-17/h4-8,11-12,18H,9-10H2,1-3H3. The number of rotatable bonds is 5. The number of nitrogens with zero attached hydrogens (tertiary/aromatic N) is 2. The summed E-state index contributed by atoms with van der Waals surface area (Å²) in [5, 5.41) is 8.10. The van der Waals surface area contributed by atoms with Gasteiger partial charge in [0.1, 0.15) is 5.01 Å². The van der Waals surface area contributed by atoms with Gasteiger partial charge in [-0.25, -0.2) is 4.98 Å². The number of para-hydroxylation sites is 1. The van der Waals surface area contributed by atoms with Crippen LogP contribution in [0.15, 0.2) is 35.7 Å². The minimum Gasteiger partial charge on any atom is -0.336 e. The van der Waals surface area contributed by atoms with Crippen LogP contribution in [0.2, 0.25) is 0 Å². The van der Waals surface area contributed by atoms with Gasteiger partial charge in [-0.15, -0.1) is 11.3 Å². The molecule has 2 aromatic heterocycles. The Hall–Kier alpha value is -1.65. The monoisotopic (exact) mass is 299 g/mol. The van der Waals surface area contributed by atoms with Gasteiger partial charge in [-0.05, 0) is 24.4 Å². The van der Waals surface area contributed by atoms with Crippen molar-refractivity contribution in [2.24, 2.45) is 0 Å². The average Bonchev–Trinajstić information content (AvgIpc) is 3.01. The molecule has 0 aliphatic heterocycles. The molecule has 0 atom stereocenters. The van der Waals surface area contributed by atoms with Gasteiger partial charge in [0.2, 0.25) is 0 Å². The highest BCUT2D eigenvalue weighted by molar-refractivity contribution is 7.09. The van der Waals surface area contributed by atoms with Gasteiger partial charge in [-0.1, -0.05) is 32.0 Å². The number of benzene rings is 1. The summed E-state index contributed by atoms with van der Waals surface area (Å²) in [7, 11) is 0. The van der Waals surface area contributed by atoms with Gasteiger partial charge < -0.3 is 9.88 Å². The van der Waals surface area contributed by atoms with Crippen molar-refractivity contribution in [3.63, 3.8) is 0 Å². The van der Waals surface area contributed by atoms with Gasteiger partial charge in [0.15, 0.2) is 0 Å². The molecule has 3 nitrogen and oxygen atoms in total. The number of nitrogens with one attached hydrogen (secondary N) is 1. The Labute approximate surface area is 129 Å². The normalized spacial score (nSPS) is 11.6. The molecule has 2 heterocycles. The zero-order valence-electron chi connectivity index (χ0n) is 12.8. The fourth-order valence-corrected chi connectivity index (χ4v) is 3.28. The maximum Gasteiger partial charge on any atom is 0.113 e. The van der Waals surface area contributed by atoms with E-state index in [1.807, 2.05) is 0 Å². The Morgan fingerprint density at radius 3 is 2.81 bits per heavy atom. The van der Waals surface area contributed by atoms with Crippen molar-refractivity contribution < 1.29 is 0 Å². The second kappa shape index (κ2) is 6.00. The first-order valence-corrected chi connectivity index (χ1v) is 8.23. The van der Waals surface area contributed by atoms with E-state index in [0.717, 1.165) is 18.8 Å². The number of aryl methyl sites for hydroxylation is 1. The Morgan fingerprint density at radius 1 is 1.29 bits per heavy atom. The van der Waals surface area contributed by atoms with Crippen LogP contribution in [0.1, 0.15) is 30.2 Å². The van der Waals surface area contributed by atoms with Gasteiger partial charge in [0, 0.05) is 34.9 Å². The Kier molecular flexibility index (Phi) is 4.08. The number of thiazole rings is 1. The SMILES string of the molecule is Cc1csc(Cn2c(CNC(C)C)cc3ccccc32)n1. The topological polar surface area (TPSA) is 29.9 Å². The smallest absolute Gasteiger partial charge is 0.113 e. The maximum atomic E-state index is 4.61. The predicted molar refractivity (Wildman–Crippen MR) is 89.9 cm³/mol. The first-order valence-electron chi connectivity index (χ1n) is 7.35. The molecule has 3 rings (SSSR count). The fraction of sp³-hybridized carbons (Fsp3) is 0.353. The van der Waals surface area contributed by atoms with Crippen molar-refractivity contribution in [1.29, 1.82) is 0 Å². The van der Waals surface area contributed by atoms with Crippen molar-refractivity contribution in [2.45, 2.75) is 39.9 Å². The molecule has 0 bridgehead atoms. The Bertz CT molecular complexity index is 739. The minimum absolute atomic E-state index is 0.485. The zero-order chi connectivity index (χ0) is 14.8. The molecule has 21 heavy (non-hydrogen) atoms. The lowest BCUT2D eigenvalue weighted by Crippen LogP contribution is -2.23. The molecule has 0 aliphatic rings. The van der Waals surface area contributed by atoms with Crippen molar-refractivity contribution in [3.05, 3.63) is 52.1 Å². The summed E-state index contributed by atoms with van der Waals surface area (Å²) in [5.74, 6) is 0. The first-order chi connectivity index (χ1) is 10.1. The van der Waals surface area contributed by atoms with Gasteiger partial charge in [-0.3, -0.25) is 0 Å². The molecule has 110 valence electrons. The third-order valence-electron chi connectivity index (χ3n) is 3.55. The van der Waals surface area contributed by atoms with Crippen LogP contribution >= 0.6 is 11.3 Å². The van der Waals surface area contributed by atoms with Gasteiger partial charge in [0.05, 0.1) is 6.54 Å². The highest BCUT2D eigenvalue weighted by atomic mass is 32.1. The third kappa shape index (κ3) is 3.17. The van der Waals surface area contributed by atoms with E-state index in [0.29, 0.717) is 6.04 Å². The number of aromatic nitrogens is 2. The number of hydrogen-bond donors (Lipinski definition) is 1. The van der Waals surface area contributed by atoms with E-state index in [1.54, 1.807) is 11.3 Å². The van der Waals surface area contributed by atoms with E-state index in [2.05, 4.69) is 71.4 Å². The van der Waals surface area contributed by atoms with E-state index in [-0.39, 0.29) is 0 Å². The van der Waals surface area contributed by atoms with Crippen LogP contribution in [0.4, 0.5) is 0 Å². The largest absolute Gasteiger partial charge is 0.336 e. The van der Waals surface area contributed by atoms with Crippen LogP contribution in [0.25, 0.3) is 10.9 Å². The van der Waals surface area contributed by atoms with Crippen LogP contribution in [-0.2, 0) is 13.1 Å². The number of hydrogen-bond acceptors (Lipinski definition) is 3. The molecular formula is C17H21N3S. The van der Waals surface area contributed by atoms with Gasteiger partial charge >= 0.3 is 0 Å². The van der Waals surface area contributed by atoms with E-state index in [4.69, 9.17) is 0 Å². The van der Waals surface area contributed by atoms with E-state index < -0.39 is 0 Å². The lowest BCUT2D eigenvalue weighted by Gasteiger charge is -2.12. The fourth-order valence-electron chi connectivity index (χ4n) is 2.52. The van der Waals surface area contributed by atoms with Crippen LogP contribution in [-0.4, -0.2) is 15.6 Å². The molecule has 1 aromatic carbocycles. The second-order valence-corrected chi connectivity index (χ2v) is 6.64. The molecule has 0 fully saturated rings. The van der Waals surface area contributed by atoms with Crippen LogP contribution in [0, 0.1) is 6.92 Å². The lowest BCUT2D eigenvalue weighted by molar-refractivity contribution is 0.567. The second-order valence-electron chi connectivity index (χ2n) is 5.70. The summed E-state index contributed by atoms with van der Waals surface area (Å²) in [6, 6.07) is 11.3. The molecule has 0 spiro atoms. The molecule has 3 aromatic rings. The summed E-state index contributed by atoms with van der Waals surface area (Å²) in [5.41, 5.74) is 3.71. The summed E-state index contributed by atoms with van der Waals surface area (Å²) >= 11 is 1.74. The third-order valence-corrected chi connectivity index (χ3v) is 4.50. The molecule has 0 radical (unpaired) electrons. The lowest BCUT2D eigenvalue weighted by atomic mass is 10.2. The molecule has 0 unspecified atom stereocenters. The minimum atomic E-state index is 0.485. The summed E-state index contributed by atoms with van der Waals surface area (Å²) < 4.78 is 2.38. The zero-order valence-corrected chi connectivity index (χ0v) is 13.6. The van der Waals surface area contributed by atoms with Crippen molar-refractivity contribution in [2.75, 3.05) is 0 Å². The van der Waals surface area contributed by atoms with Crippen LogP contribution < -0.4 is 5.32 Å². The van der Waals surface area contributed by atoms with Crippen molar-refractivity contribution in [1.82, 2.24) is 14.9 Å². The van der Waals surface area contributed by atoms with Crippen molar-refractivity contribution in [3.8, 4) is 0 Å². The molecule has 0 amide bonds. The number of fused-ring (bicyclic) bond motifs is 1. The Morgan fingerprint density at radius 2 is 2.10 bits per heavy atom. The van der Waals surface area contributed by atoms with E-state index >= 15 is 0 Å². The highest BCUT2D eigenvalue weighted by Crippen LogP contribution is 2.22. The predicted octanol–water partition coefficient (Wildman–Crippen LogP) is 3.95. The summed E-state index contributed by atoms with van der Waals surface area (Å²) in [4.78, 5) is 4.61. The summed E-state index contributed by atoms with van der Waals surface area (Å²) in [6.45, 7) is 8.14. The maximum absolute atomic E-state index is 4.61. The van der Waals surface area contributed by atoms with E-state index in [9.17, 15) is 0 Å². The first kappa shape index (κ1) is 14.3. The highest BCUT2D eigenvalue weighted by Gasteiger charge is 2.10. The molecule has 4 heteroatoms. The van der Waals surface area contributed by atoms with Gasteiger partial charge in [-0.2, -0.15) is 0 Å². The summed E-state index contributed by atoms with van der Waals surface area (Å²) in [6.07, 6.45) is 0. The molecule has 0 aliphatic carbocycles. The molecular weight excluding hydrogens is 278 g/mol. The Balaban J connectivity index is 1.98. The van der Waals surface area contributed by atoms with Crippen molar-refractivity contribution >= 4 is 22.2 Å². The van der Waals surface area contributed by atoms with Gasteiger partial charge in [0.25, 0.3) is 0 Å². The van der Waals surface area contributed by atoms with Crippen LogP contribution in [0.3, 0.4) is 0 Å². The molecule has 0 saturated heterocycles. The molecule has 1 N–H and O–H groups in total. The molecule has 0 saturated carbocycles.